The van der Waals surface area contributed by atoms with E-state index in [0.717, 1.165) is 19.3 Å². The quantitative estimate of drug-likeness (QED) is 0.738. The highest BCUT2D eigenvalue weighted by atomic mass is 16.4. The predicted molar refractivity (Wildman–Crippen MR) is 70.3 cm³/mol. The maximum Gasteiger partial charge on any atom is 0.325 e. The topological polar surface area (TPSA) is 108 Å². The van der Waals surface area contributed by atoms with Crippen LogP contribution in [-0.4, -0.2) is 56.1 Å². The van der Waals surface area contributed by atoms with Crippen molar-refractivity contribution in [2.24, 2.45) is 0 Å². The van der Waals surface area contributed by atoms with E-state index in [9.17, 15) is 14.7 Å². The first-order valence-electron chi connectivity index (χ1n) is 6.53. The number of urea groups is 1. The zero-order valence-corrected chi connectivity index (χ0v) is 11.0. The number of amides is 2. The number of piperidine rings is 1. The average molecular weight is 282 g/mol. The SMILES string of the molecule is O=C(O)Cn1cc(NC(=O)N2CCCCC2CO)cn1. The highest BCUT2D eigenvalue weighted by Crippen LogP contribution is 2.18. The monoisotopic (exact) mass is 282 g/mol. The van der Waals surface area contributed by atoms with Gasteiger partial charge in [-0.05, 0) is 19.3 Å². The van der Waals surface area contributed by atoms with Crippen LogP contribution in [0.25, 0.3) is 0 Å². The van der Waals surface area contributed by atoms with Crippen molar-refractivity contribution in [1.29, 1.82) is 0 Å². The Morgan fingerprint density at radius 1 is 1.45 bits per heavy atom. The minimum atomic E-state index is -0.998. The standard InChI is InChI=1S/C12H18N4O4/c17-8-10-3-1-2-4-16(10)12(20)14-9-5-13-15(6-9)7-11(18)19/h5-6,10,17H,1-4,7-8H2,(H,14,20)(H,18,19). The van der Waals surface area contributed by atoms with Crippen molar-refractivity contribution in [2.75, 3.05) is 18.5 Å². The minimum absolute atomic E-state index is 0.0499. The van der Waals surface area contributed by atoms with Crippen LogP contribution in [0.4, 0.5) is 10.5 Å². The van der Waals surface area contributed by atoms with E-state index in [1.165, 1.54) is 17.1 Å². The number of rotatable bonds is 4. The molecule has 1 saturated heterocycles. The Morgan fingerprint density at radius 3 is 2.95 bits per heavy atom. The lowest BCUT2D eigenvalue weighted by Gasteiger charge is -2.34. The third-order valence-corrected chi connectivity index (χ3v) is 3.28. The molecule has 0 spiro atoms. The van der Waals surface area contributed by atoms with Crippen molar-refractivity contribution < 1.29 is 19.8 Å². The summed E-state index contributed by atoms with van der Waals surface area (Å²) in [5.41, 5.74) is 0.443. The lowest BCUT2D eigenvalue weighted by Crippen LogP contribution is -2.47. The van der Waals surface area contributed by atoms with Gasteiger partial charge in [0.25, 0.3) is 0 Å². The van der Waals surface area contributed by atoms with Gasteiger partial charge in [-0.2, -0.15) is 5.10 Å². The van der Waals surface area contributed by atoms with Crippen LogP contribution in [0.2, 0.25) is 0 Å². The highest BCUT2D eigenvalue weighted by molar-refractivity contribution is 5.89. The summed E-state index contributed by atoms with van der Waals surface area (Å²) in [6.07, 6.45) is 5.58. The molecular weight excluding hydrogens is 264 g/mol. The Hall–Kier alpha value is -2.09. The molecule has 1 unspecified atom stereocenters. The van der Waals surface area contributed by atoms with Crippen LogP contribution in [0.1, 0.15) is 19.3 Å². The number of carbonyl (C=O) groups is 2. The Kier molecular flexibility index (Phi) is 4.57. The minimum Gasteiger partial charge on any atom is -0.480 e. The number of aliphatic carboxylic acids is 1. The van der Waals surface area contributed by atoms with Crippen molar-refractivity contribution in [3.05, 3.63) is 12.4 Å². The molecule has 0 radical (unpaired) electrons. The van der Waals surface area contributed by atoms with E-state index in [2.05, 4.69) is 10.4 Å². The maximum atomic E-state index is 12.1. The van der Waals surface area contributed by atoms with Gasteiger partial charge in [0.1, 0.15) is 6.54 Å². The number of hydrogen-bond acceptors (Lipinski definition) is 4. The summed E-state index contributed by atoms with van der Waals surface area (Å²) in [5.74, 6) is -0.998. The molecule has 0 aliphatic carbocycles. The second-order valence-corrected chi connectivity index (χ2v) is 4.78. The number of aromatic nitrogens is 2. The summed E-state index contributed by atoms with van der Waals surface area (Å²) in [6, 6.07) is -0.448. The third-order valence-electron chi connectivity index (χ3n) is 3.28. The van der Waals surface area contributed by atoms with Gasteiger partial charge in [0, 0.05) is 12.7 Å². The van der Waals surface area contributed by atoms with Gasteiger partial charge < -0.3 is 20.4 Å². The number of carbonyl (C=O) groups excluding carboxylic acids is 1. The van der Waals surface area contributed by atoms with Crippen LogP contribution < -0.4 is 5.32 Å². The lowest BCUT2D eigenvalue weighted by atomic mass is 10.0. The highest BCUT2D eigenvalue weighted by Gasteiger charge is 2.26. The van der Waals surface area contributed by atoms with E-state index in [-0.39, 0.29) is 25.2 Å². The number of nitrogens with one attached hydrogen (secondary N) is 1. The molecule has 1 aliphatic rings. The predicted octanol–water partition coefficient (Wildman–Crippen LogP) is 0.346. The summed E-state index contributed by atoms with van der Waals surface area (Å²) in [6.45, 7) is 0.310. The molecule has 1 aromatic rings. The van der Waals surface area contributed by atoms with Crippen molar-refractivity contribution in [3.63, 3.8) is 0 Å². The second-order valence-electron chi connectivity index (χ2n) is 4.78. The zero-order valence-electron chi connectivity index (χ0n) is 11.0. The summed E-state index contributed by atoms with van der Waals surface area (Å²) in [7, 11) is 0. The summed E-state index contributed by atoms with van der Waals surface area (Å²) in [4.78, 5) is 24.3. The van der Waals surface area contributed by atoms with E-state index < -0.39 is 5.97 Å². The van der Waals surface area contributed by atoms with Gasteiger partial charge in [0.2, 0.25) is 0 Å². The summed E-state index contributed by atoms with van der Waals surface area (Å²) < 4.78 is 1.23. The van der Waals surface area contributed by atoms with E-state index in [1.54, 1.807) is 4.90 Å². The summed E-state index contributed by atoms with van der Waals surface area (Å²) >= 11 is 0. The largest absolute Gasteiger partial charge is 0.480 e. The summed E-state index contributed by atoms with van der Waals surface area (Å²) in [5, 5.41) is 24.4. The number of hydrogen-bond donors (Lipinski definition) is 3. The molecule has 2 amide bonds. The third kappa shape index (κ3) is 3.47. The molecule has 0 saturated carbocycles. The van der Waals surface area contributed by atoms with Crippen LogP contribution in [0.5, 0.6) is 0 Å². The molecule has 1 aliphatic heterocycles. The Morgan fingerprint density at radius 2 is 2.25 bits per heavy atom. The molecule has 1 atom stereocenters. The Bertz CT molecular complexity index is 488. The molecule has 8 nitrogen and oxygen atoms in total. The Labute approximate surface area is 116 Å². The van der Waals surface area contributed by atoms with E-state index in [0.29, 0.717) is 12.2 Å². The molecule has 8 heteroatoms. The van der Waals surface area contributed by atoms with Crippen molar-refractivity contribution in [1.82, 2.24) is 14.7 Å². The molecule has 0 bridgehead atoms. The normalized spacial score (nSPS) is 18.9. The number of aliphatic hydroxyl groups excluding tert-OH is 1. The number of likely N-dealkylation sites (tertiary alicyclic amines) is 1. The van der Waals surface area contributed by atoms with Gasteiger partial charge in [0.05, 0.1) is 24.5 Å². The lowest BCUT2D eigenvalue weighted by molar-refractivity contribution is -0.137. The van der Waals surface area contributed by atoms with Gasteiger partial charge in [-0.3, -0.25) is 9.48 Å². The van der Waals surface area contributed by atoms with Gasteiger partial charge in [-0.15, -0.1) is 0 Å². The first kappa shape index (κ1) is 14.3. The molecule has 1 fully saturated rings. The first-order valence-corrected chi connectivity index (χ1v) is 6.53. The first-order chi connectivity index (χ1) is 9.60. The number of aliphatic hydroxyl groups is 1. The van der Waals surface area contributed by atoms with Gasteiger partial charge in [-0.25, -0.2) is 4.79 Å². The number of nitrogens with zero attached hydrogens (tertiary/aromatic N) is 3. The Balaban J connectivity index is 1.96. The fraction of sp³-hybridized carbons (Fsp3) is 0.583. The molecule has 2 rings (SSSR count). The van der Waals surface area contributed by atoms with Gasteiger partial charge in [0.15, 0.2) is 0 Å². The molecule has 3 N–H and O–H groups in total. The molecule has 20 heavy (non-hydrogen) atoms. The molecular formula is C12H18N4O4. The van der Waals surface area contributed by atoms with Gasteiger partial charge >= 0.3 is 12.0 Å². The average Bonchev–Trinajstić information content (AvgIpc) is 2.85. The van der Waals surface area contributed by atoms with Crippen molar-refractivity contribution >= 4 is 17.7 Å². The van der Waals surface area contributed by atoms with E-state index in [4.69, 9.17) is 5.11 Å². The molecule has 110 valence electrons. The fourth-order valence-corrected chi connectivity index (χ4v) is 2.31. The second kappa shape index (κ2) is 6.38. The van der Waals surface area contributed by atoms with Crippen LogP contribution in [0.3, 0.4) is 0 Å². The number of carboxylic acids is 1. The molecule has 1 aromatic heterocycles. The fourth-order valence-electron chi connectivity index (χ4n) is 2.31. The van der Waals surface area contributed by atoms with E-state index in [1.807, 2.05) is 0 Å². The number of anilines is 1. The molecule has 2 heterocycles. The molecule has 0 aromatic carbocycles. The van der Waals surface area contributed by atoms with E-state index >= 15 is 0 Å². The maximum absolute atomic E-state index is 12.1. The number of carboxylic acid groups (broad SMARTS) is 1. The van der Waals surface area contributed by atoms with Crippen LogP contribution in [0.15, 0.2) is 12.4 Å². The zero-order chi connectivity index (χ0) is 14.5. The van der Waals surface area contributed by atoms with Crippen LogP contribution in [0, 0.1) is 0 Å². The van der Waals surface area contributed by atoms with Crippen LogP contribution in [-0.2, 0) is 11.3 Å². The van der Waals surface area contributed by atoms with Gasteiger partial charge in [-0.1, -0.05) is 0 Å². The smallest absolute Gasteiger partial charge is 0.325 e. The van der Waals surface area contributed by atoms with Crippen molar-refractivity contribution in [3.8, 4) is 0 Å². The van der Waals surface area contributed by atoms with Crippen molar-refractivity contribution in [2.45, 2.75) is 31.8 Å². The van der Waals surface area contributed by atoms with Crippen LogP contribution >= 0.6 is 0 Å².